The molecule has 0 aliphatic carbocycles. The molecule has 0 spiro atoms. The lowest BCUT2D eigenvalue weighted by Gasteiger charge is -2.17. The van der Waals surface area contributed by atoms with Gasteiger partial charge in [0, 0.05) is 5.70 Å². The Labute approximate surface area is 163 Å². The summed E-state index contributed by atoms with van der Waals surface area (Å²) >= 11 is 0. The van der Waals surface area contributed by atoms with Crippen LogP contribution in [-0.4, -0.2) is 36.1 Å². The van der Waals surface area contributed by atoms with Crippen molar-refractivity contribution in [3.8, 4) is 11.5 Å². The zero-order chi connectivity index (χ0) is 20.3. The number of ether oxygens (including phenoxy) is 2. The molecular formula is C22H21NO5. The number of nitrogens with zero attached hydrogens (tertiary/aromatic N) is 1. The Balaban J connectivity index is 2.04. The molecule has 0 saturated carbocycles. The molecule has 1 aliphatic heterocycles. The van der Waals surface area contributed by atoms with E-state index in [1.807, 2.05) is 30.3 Å². The number of aromatic hydroxyl groups is 1. The number of carbonyl (C=O) groups is 2. The first-order valence-corrected chi connectivity index (χ1v) is 8.70. The summed E-state index contributed by atoms with van der Waals surface area (Å²) < 4.78 is 10.0. The molecule has 0 fully saturated rings. The molecule has 6 nitrogen and oxygen atoms in total. The Morgan fingerprint density at radius 2 is 1.86 bits per heavy atom. The molecule has 2 aromatic rings. The molecule has 1 aliphatic rings. The molecule has 0 saturated heterocycles. The number of allylic oxidation sites excluding steroid dienone is 1. The van der Waals surface area contributed by atoms with Gasteiger partial charge < -0.3 is 19.5 Å². The van der Waals surface area contributed by atoms with E-state index in [0.717, 1.165) is 5.56 Å². The van der Waals surface area contributed by atoms with Gasteiger partial charge in [-0.1, -0.05) is 36.4 Å². The number of methoxy groups -OCH3 is 2. The van der Waals surface area contributed by atoms with Crippen molar-refractivity contribution in [3.63, 3.8) is 0 Å². The second-order valence-electron chi connectivity index (χ2n) is 6.32. The summed E-state index contributed by atoms with van der Waals surface area (Å²) in [7, 11) is 2.73. The molecule has 6 heteroatoms. The van der Waals surface area contributed by atoms with E-state index in [4.69, 9.17) is 9.47 Å². The summed E-state index contributed by atoms with van der Waals surface area (Å²) in [5, 5.41) is 9.77. The van der Waals surface area contributed by atoms with Gasteiger partial charge in [0.25, 0.3) is 5.91 Å². The van der Waals surface area contributed by atoms with Crippen molar-refractivity contribution in [3.05, 3.63) is 76.5 Å². The number of phenols is 1. The minimum atomic E-state index is -0.571. The van der Waals surface area contributed by atoms with E-state index >= 15 is 0 Å². The summed E-state index contributed by atoms with van der Waals surface area (Å²) in [6.07, 6.45) is 1.60. The fraction of sp³-hybridized carbons (Fsp3) is 0.182. The number of amides is 1. The molecule has 2 aromatic carbocycles. The van der Waals surface area contributed by atoms with Crippen molar-refractivity contribution >= 4 is 18.0 Å². The normalized spacial score (nSPS) is 15.3. The maximum atomic E-state index is 13.1. The van der Waals surface area contributed by atoms with Crippen LogP contribution in [0.25, 0.3) is 6.08 Å². The molecule has 28 heavy (non-hydrogen) atoms. The van der Waals surface area contributed by atoms with Crippen LogP contribution in [0.5, 0.6) is 11.5 Å². The Bertz CT molecular complexity index is 976. The first-order chi connectivity index (χ1) is 13.5. The third kappa shape index (κ3) is 3.62. The van der Waals surface area contributed by atoms with Crippen molar-refractivity contribution in [1.29, 1.82) is 0 Å². The predicted octanol–water partition coefficient (Wildman–Crippen LogP) is 3.27. The van der Waals surface area contributed by atoms with Crippen LogP contribution in [0.3, 0.4) is 0 Å². The third-order valence-electron chi connectivity index (χ3n) is 4.60. The molecule has 1 N–H and O–H groups in total. The van der Waals surface area contributed by atoms with Gasteiger partial charge in [-0.25, -0.2) is 4.79 Å². The molecule has 0 bridgehead atoms. The lowest BCUT2D eigenvalue weighted by atomic mass is 10.0. The molecule has 0 unspecified atom stereocenters. The minimum Gasteiger partial charge on any atom is -0.504 e. The lowest BCUT2D eigenvalue weighted by molar-refractivity contribution is -0.136. The zero-order valence-electron chi connectivity index (χ0n) is 15.9. The number of benzene rings is 2. The summed E-state index contributed by atoms with van der Waals surface area (Å²) in [4.78, 5) is 27.0. The van der Waals surface area contributed by atoms with Gasteiger partial charge in [0.15, 0.2) is 11.5 Å². The SMILES string of the molecule is COC(=O)C1=C(C)N(Cc2ccccc2)C(=O)/C1=C\c1ccc(O)c(OC)c1. The summed E-state index contributed by atoms with van der Waals surface area (Å²) in [5.41, 5.74) is 2.59. The lowest BCUT2D eigenvalue weighted by Crippen LogP contribution is -2.24. The van der Waals surface area contributed by atoms with E-state index in [2.05, 4.69) is 0 Å². The van der Waals surface area contributed by atoms with Crippen LogP contribution in [0.1, 0.15) is 18.1 Å². The highest BCUT2D eigenvalue weighted by molar-refractivity contribution is 6.16. The molecule has 0 atom stereocenters. The van der Waals surface area contributed by atoms with Crippen LogP contribution >= 0.6 is 0 Å². The maximum Gasteiger partial charge on any atom is 0.340 e. The number of hydrogen-bond donors (Lipinski definition) is 1. The molecule has 1 amide bonds. The van der Waals surface area contributed by atoms with E-state index < -0.39 is 5.97 Å². The predicted molar refractivity (Wildman–Crippen MR) is 104 cm³/mol. The molecular weight excluding hydrogens is 358 g/mol. The molecule has 0 aromatic heterocycles. The van der Waals surface area contributed by atoms with Gasteiger partial charge in [0.05, 0.1) is 31.9 Å². The van der Waals surface area contributed by atoms with Crippen LogP contribution in [0.2, 0.25) is 0 Å². The maximum absolute atomic E-state index is 13.1. The van der Waals surface area contributed by atoms with Gasteiger partial charge in [-0.05, 0) is 36.3 Å². The van der Waals surface area contributed by atoms with Crippen molar-refractivity contribution in [1.82, 2.24) is 4.90 Å². The van der Waals surface area contributed by atoms with Crippen molar-refractivity contribution in [2.75, 3.05) is 14.2 Å². The van der Waals surface area contributed by atoms with E-state index in [9.17, 15) is 14.7 Å². The summed E-state index contributed by atoms with van der Waals surface area (Å²) in [5.74, 6) is -0.582. The van der Waals surface area contributed by atoms with Crippen LogP contribution in [-0.2, 0) is 20.9 Å². The second-order valence-corrected chi connectivity index (χ2v) is 6.32. The summed E-state index contributed by atoms with van der Waals surface area (Å²) in [6.45, 7) is 2.08. The topological polar surface area (TPSA) is 76.1 Å². The van der Waals surface area contributed by atoms with Crippen molar-refractivity contribution < 1.29 is 24.2 Å². The Morgan fingerprint density at radius 1 is 1.14 bits per heavy atom. The average Bonchev–Trinajstić information content (AvgIpc) is 2.94. The van der Waals surface area contributed by atoms with Gasteiger partial charge in [-0.2, -0.15) is 0 Å². The van der Waals surface area contributed by atoms with E-state index in [1.165, 1.54) is 20.3 Å². The van der Waals surface area contributed by atoms with Crippen molar-refractivity contribution in [2.24, 2.45) is 0 Å². The van der Waals surface area contributed by atoms with E-state index in [1.54, 1.807) is 30.0 Å². The Kier molecular flexibility index (Phi) is 5.49. The van der Waals surface area contributed by atoms with Gasteiger partial charge in [0.1, 0.15) is 0 Å². The molecule has 3 rings (SSSR count). The molecule has 0 radical (unpaired) electrons. The van der Waals surface area contributed by atoms with Crippen LogP contribution in [0.4, 0.5) is 0 Å². The van der Waals surface area contributed by atoms with E-state index in [-0.39, 0.29) is 28.6 Å². The van der Waals surface area contributed by atoms with Gasteiger partial charge in [0.2, 0.25) is 0 Å². The monoisotopic (exact) mass is 379 g/mol. The quantitative estimate of drug-likeness (QED) is 0.637. The number of rotatable bonds is 5. The molecule has 144 valence electrons. The van der Waals surface area contributed by atoms with Gasteiger partial charge in [-0.15, -0.1) is 0 Å². The van der Waals surface area contributed by atoms with Gasteiger partial charge >= 0.3 is 5.97 Å². The highest BCUT2D eigenvalue weighted by Crippen LogP contribution is 2.34. The van der Waals surface area contributed by atoms with Gasteiger partial charge in [-0.3, -0.25) is 4.79 Å². The van der Waals surface area contributed by atoms with Crippen molar-refractivity contribution in [2.45, 2.75) is 13.5 Å². The van der Waals surface area contributed by atoms with Crippen LogP contribution in [0.15, 0.2) is 65.4 Å². The smallest absolute Gasteiger partial charge is 0.340 e. The van der Waals surface area contributed by atoms with Crippen LogP contribution < -0.4 is 4.74 Å². The fourth-order valence-corrected chi connectivity index (χ4v) is 3.14. The first-order valence-electron chi connectivity index (χ1n) is 8.70. The highest BCUT2D eigenvalue weighted by atomic mass is 16.5. The number of carbonyl (C=O) groups excluding carboxylic acids is 2. The number of esters is 1. The summed E-state index contributed by atoms with van der Waals surface area (Å²) in [6, 6.07) is 14.3. The van der Waals surface area contributed by atoms with E-state index in [0.29, 0.717) is 17.8 Å². The Morgan fingerprint density at radius 3 is 2.50 bits per heavy atom. The molecule has 1 heterocycles. The zero-order valence-corrected chi connectivity index (χ0v) is 15.9. The number of phenolic OH excluding ortho intramolecular Hbond substituents is 1. The fourth-order valence-electron chi connectivity index (χ4n) is 3.14. The largest absolute Gasteiger partial charge is 0.504 e. The average molecular weight is 379 g/mol. The minimum absolute atomic E-state index is 0.00647. The number of hydrogen-bond acceptors (Lipinski definition) is 5. The van der Waals surface area contributed by atoms with Crippen LogP contribution in [0, 0.1) is 0 Å². The highest BCUT2D eigenvalue weighted by Gasteiger charge is 2.36. The first kappa shape index (κ1) is 19.2. The standard InChI is InChI=1S/C22H21NO5/c1-14-20(22(26)28-3)17(11-16-9-10-18(24)19(12-16)27-2)21(25)23(14)13-15-7-5-4-6-8-15/h4-12,24H,13H2,1-3H3/b17-11-. The Hall–Kier alpha value is -3.54. The second kappa shape index (κ2) is 8.00. The third-order valence-corrected chi connectivity index (χ3v) is 4.60.